The number of hydrogen-bond donors (Lipinski definition) is 2. The summed E-state index contributed by atoms with van der Waals surface area (Å²) in [5, 5.41) is 15.0. The van der Waals surface area contributed by atoms with E-state index in [2.05, 4.69) is 20.8 Å². The molecule has 0 spiro atoms. The van der Waals surface area contributed by atoms with E-state index in [0.29, 0.717) is 11.7 Å². The van der Waals surface area contributed by atoms with E-state index in [9.17, 15) is 9.59 Å². The Morgan fingerprint density at radius 1 is 1.03 bits per heavy atom. The molecule has 0 aliphatic heterocycles. The lowest BCUT2D eigenvalue weighted by atomic mass is 10.1. The van der Waals surface area contributed by atoms with Crippen LogP contribution in [0.25, 0.3) is 11.4 Å². The number of carbonyl (C=O) groups is 2. The molecule has 1 aromatic heterocycles. The van der Waals surface area contributed by atoms with Crippen LogP contribution in [-0.2, 0) is 16.1 Å². The normalized spacial score (nSPS) is 10.7. The molecule has 0 saturated heterocycles. The summed E-state index contributed by atoms with van der Waals surface area (Å²) in [7, 11) is 0. The molecule has 0 aliphatic rings. The molecule has 3 rings (SSSR count). The van der Waals surface area contributed by atoms with E-state index in [1.807, 2.05) is 67.8 Å². The van der Waals surface area contributed by atoms with Gasteiger partial charge in [0.05, 0.1) is 5.75 Å². The number of nitrogens with zero attached hydrogens (tertiary/aromatic N) is 3. The van der Waals surface area contributed by atoms with Crippen molar-refractivity contribution in [1.29, 1.82) is 0 Å². The molecule has 0 unspecified atom stereocenters. The zero-order valence-electron chi connectivity index (χ0n) is 17.5. The summed E-state index contributed by atoms with van der Waals surface area (Å²) >= 11 is 1.36. The van der Waals surface area contributed by atoms with Gasteiger partial charge in [-0.1, -0.05) is 29.5 Å². The van der Waals surface area contributed by atoms with E-state index in [1.165, 1.54) is 18.7 Å². The van der Waals surface area contributed by atoms with Gasteiger partial charge in [-0.25, -0.2) is 0 Å². The summed E-state index contributed by atoms with van der Waals surface area (Å²) in [6, 6.07) is 13.4. The minimum absolute atomic E-state index is 0.0844. The average Bonchev–Trinajstić information content (AvgIpc) is 3.11. The molecule has 0 bridgehead atoms. The fourth-order valence-electron chi connectivity index (χ4n) is 3.07. The molecule has 2 amide bonds. The number of hydrogen-bond acceptors (Lipinski definition) is 5. The molecule has 1 heterocycles. The van der Waals surface area contributed by atoms with Gasteiger partial charge in [-0.3, -0.25) is 9.59 Å². The molecule has 0 saturated carbocycles. The Morgan fingerprint density at radius 3 is 2.40 bits per heavy atom. The van der Waals surface area contributed by atoms with Gasteiger partial charge in [0, 0.05) is 30.4 Å². The third-order valence-corrected chi connectivity index (χ3v) is 5.45. The molecule has 156 valence electrons. The van der Waals surface area contributed by atoms with Gasteiger partial charge in [0.15, 0.2) is 11.0 Å². The maximum Gasteiger partial charge on any atom is 0.234 e. The van der Waals surface area contributed by atoms with Crippen molar-refractivity contribution in [3.05, 3.63) is 53.6 Å². The summed E-state index contributed by atoms with van der Waals surface area (Å²) < 4.78 is 1.97. The van der Waals surface area contributed by atoms with Gasteiger partial charge in [0.2, 0.25) is 11.8 Å². The minimum atomic E-state index is -0.114. The van der Waals surface area contributed by atoms with E-state index in [-0.39, 0.29) is 17.6 Å². The highest BCUT2D eigenvalue weighted by molar-refractivity contribution is 7.99. The van der Waals surface area contributed by atoms with Crippen molar-refractivity contribution in [3.8, 4) is 11.4 Å². The Hall–Kier alpha value is -3.13. The van der Waals surface area contributed by atoms with E-state index in [4.69, 9.17) is 0 Å². The minimum Gasteiger partial charge on any atom is -0.326 e. The Labute approximate surface area is 180 Å². The molecule has 0 aliphatic carbocycles. The molecule has 0 atom stereocenters. The molecule has 0 radical (unpaired) electrons. The highest BCUT2D eigenvalue weighted by Gasteiger charge is 2.15. The van der Waals surface area contributed by atoms with E-state index < -0.39 is 0 Å². The molecule has 2 aromatic carbocycles. The van der Waals surface area contributed by atoms with Crippen molar-refractivity contribution in [2.45, 2.75) is 39.4 Å². The number of aryl methyl sites for hydroxylation is 2. The van der Waals surface area contributed by atoms with Crippen LogP contribution in [-0.4, -0.2) is 32.3 Å². The highest BCUT2D eigenvalue weighted by Crippen LogP contribution is 2.25. The number of aromatic nitrogens is 3. The summed E-state index contributed by atoms with van der Waals surface area (Å²) in [6.45, 7) is 8.17. The van der Waals surface area contributed by atoms with Gasteiger partial charge in [-0.15, -0.1) is 10.2 Å². The highest BCUT2D eigenvalue weighted by atomic mass is 32.2. The monoisotopic (exact) mass is 423 g/mol. The van der Waals surface area contributed by atoms with Crippen molar-refractivity contribution in [2.75, 3.05) is 16.4 Å². The van der Waals surface area contributed by atoms with Crippen LogP contribution < -0.4 is 10.6 Å². The van der Waals surface area contributed by atoms with Crippen molar-refractivity contribution in [2.24, 2.45) is 0 Å². The Bertz CT molecular complexity index is 1060. The van der Waals surface area contributed by atoms with Crippen molar-refractivity contribution >= 4 is 35.0 Å². The first kappa shape index (κ1) is 21.6. The number of benzene rings is 2. The fourth-order valence-corrected chi connectivity index (χ4v) is 3.87. The van der Waals surface area contributed by atoms with E-state index in [0.717, 1.165) is 33.9 Å². The molecule has 8 heteroatoms. The van der Waals surface area contributed by atoms with Gasteiger partial charge in [-0.2, -0.15) is 0 Å². The molecule has 3 aromatic rings. The first-order valence-corrected chi connectivity index (χ1v) is 10.7. The van der Waals surface area contributed by atoms with Gasteiger partial charge in [-0.05, 0) is 56.7 Å². The molecule has 30 heavy (non-hydrogen) atoms. The predicted octanol–water partition coefficient (Wildman–Crippen LogP) is 4.27. The van der Waals surface area contributed by atoms with Crippen molar-refractivity contribution in [1.82, 2.24) is 14.8 Å². The third-order valence-electron chi connectivity index (χ3n) is 4.48. The number of thioether (sulfide) groups is 1. The Kier molecular flexibility index (Phi) is 6.89. The van der Waals surface area contributed by atoms with Crippen LogP contribution in [0.2, 0.25) is 0 Å². The summed E-state index contributed by atoms with van der Waals surface area (Å²) in [6.07, 6.45) is 0. The first-order valence-electron chi connectivity index (χ1n) is 9.68. The first-order chi connectivity index (χ1) is 14.4. The number of amides is 2. The molecular formula is C22H25N5O2S. The maximum absolute atomic E-state index is 12.4. The van der Waals surface area contributed by atoms with Gasteiger partial charge < -0.3 is 15.2 Å². The lowest BCUT2D eigenvalue weighted by Gasteiger charge is -2.10. The quantitative estimate of drug-likeness (QED) is 0.554. The second-order valence-electron chi connectivity index (χ2n) is 6.96. The van der Waals surface area contributed by atoms with Crippen LogP contribution in [0.4, 0.5) is 11.4 Å². The molecule has 0 fully saturated rings. The lowest BCUT2D eigenvalue weighted by molar-refractivity contribution is -0.114. The van der Waals surface area contributed by atoms with Crippen molar-refractivity contribution in [3.63, 3.8) is 0 Å². The standard InChI is InChI=1S/C22H25N5O2S/c1-5-27-21(17-7-9-18(10-8-17)23-16(4)28)25-26-22(27)30-13-20(29)24-19-11-6-14(2)12-15(19)3/h6-12H,5,13H2,1-4H3,(H,23,28)(H,24,29). The van der Waals surface area contributed by atoms with Crippen LogP contribution in [0.15, 0.2) is 47.6 Å². The zero-order chi connectivity index (χ0) is 21.7. The number of anilines is 2. The summed E-state index contributed by atoms with van der Waals surface area (Å²) in [4.78, 5) is 23.6. The number of nitrogens with one attached hydrogen (secondary N) is 2. The Balaban J connectivity index is 1.68. The fraction of sp³-hybridized carbons (Fsp3) is 0.273. The zero-order valence-corrected chi connectivity index (χ0v) is 18.3. The smallest absolute Gasteiger partial charge is 0.234 e. The Morgan fingerprint density at radius 2 is 1.77 bits per heavy atom. The predicted molar refractivity (Wildman–Crippen MR) is 121 cm³/mol. The second kappa shape index (κ2) is 9.58. The number of rotatable bonds is 7. The largest absolute Gasteiger partial charge is 0.326 e. The van der Waals surface area contributed by atoms with Crippen molar-refractivity contribution < 1.29 is 9.59 Å². The van der Waals surface area contributed by atoms with Crippen LogP contribution >= 0.6 is 11.8 Å². The van der Waals surface area contributed by atoms with Crippen LogP contribution in [0, 0.1) is 13.8 Å². The van der Waals surface area contributed by atoms with E-state index >= 15 is 0 Å². The topological polar surface area (TPSA) is 88.9 Å². The summed E-state index contributed by atoms with van der Waals surface area (Å²) in [5.41, 5.74) is 4.64. The third kappa shape index (κ3) is 5.27. The summed E-state index contributed by atoms with van der Waals surface area (Å²) in [5.74, 6) is 0.771. The lowest BCUT2D eigenvalue weighted by Crippen LogP contribution is -2.15. The number of carbonyl (C=O) groups excluding carboxylic acids is 2. The van der Waals surface area contributed by atoms with Gasteiger partial charge in [0.1, 0.15) is 0 Å². The van der Waals surface area contributed by atoms with Crippen LogP contribution in [0.1, 0.15) is 25.0 Å². The van der Waals surface area contributed by atoms with Crippen LogP contribution in [0.5, 0.6) is 0 Å². The average molecular weight is 424 g/mol. The second-order valence-corrected chi connectivity index (χ2v) is 7.91. The molecule has 2 N–H and O–H groups in total. The van der Waals surface area contributed by atoms with Gasteiger partial charge >= 0.3 is 0 Å². The molecule has 7 nitrogen and oxygen atoms in total. The SMILES string of the molecule is CCn1c(SCC(=O)Nc2ccc(C)cc2C)nnc1-c1ccc(NC(C)=O)cc1. The van der Waals surface area contributed by atoms with E-state index in [1.54, 1.807) is 0 Å². The maximum atomic E-state index is 12.4. The van der Waals surface area contributed by atoms with Gasteiger partial charge in [0.25, 0.3) is 0 Å². The van der Waals surface area contributed by atoms with Crippen LogP contribution in [0.3, 0.4) is 0 Å². The molecular weight excluding hydrogens is 398 g/mol.